The largest absolute Gasteiger partial charge is 0.494 e. The molecule has 4 aromatic rings. The number of nitrogens with zero attached hydrogens (tertiary/aromatic N) is 2. The maximum absolute atomic E-state index is 13.6. The van der Waals surface area contributed by atoms with E-state index in [0.29, 0.717) is 41.2 Å². The SMILES string of the molecule is CCCNC(=O)Cc1ccc(-n2c(=O)c3ccccc3n(CC(=O)Nc3ccc(OCC)cc3)c2=O)cc1. The van der Waals surface area contributed by atoms with E-state index in [-0.39, 0.29) is 18.9 Å². The monoisotopic (exact) mass is 514 g/mol. The summed E-state index contributed by atoms with van der Waals surface area (Å²) >= 11 is 0. The van der Waals surface area contributed by atoms with Crippen molar-refractivity contribution in [1.82, 2.24) is 14.5 Å². The van der Waals surface area contributed by atoms with Gasteiger partial charge in [-0.3, -0.25) is 19.0 Å². The first-order valence-corrected chi connectivity index (χ1v) is 12.5. The van der Waals surface area contributed by atoms with Crippen molar-refractivity contribution in [2.24, 2.45) is 0 Å². The minimum atomic E-state index is -0.635. The molecule has 3 aromatic carbocycles. The number of benzene rings is 3. The first-order valence-electron chi connectivity index (χ1n) is 12.5. The molecule has 196 valence electrons. The molecule has 38 heavy (non-hydrogen) atoms. The summed E-state index contributed by atoms with van der Waals surface area (Å²) in [5, 5.41) is 5.92. The molecule has 2 amide bonds. The third kappa shape index (κ3) is 6.00. The summed E-state index contributed by atoms with van der Waals surface area (Å²) in [7, 11) is 0. The number of para-hydroxylation sites is 1. The molecule has 0 fully saturated rings. The van der Waals surface area contributed by atoms with Crippen molar-refractivity contribution in [2.45, 2.75) is 33.2 Å². The van der Waals surface area contributed by atoms with Gasteiger partial charge in [0.05, 0.1) is 29.6 Å². The maximum Gasteiger partial charge on any atom is 0.336 e. The van der Waals surface area contributed by atoms with Crippen molar-refractivity contribution < 1.29 is 14.3 Å². The predicted octanol–water partition coefficient (Wildman–Crippen LogP) is 3.26. The fourth-order valence-electron chi connectivity index (χ4n) is 4.12. The molecule has 1 heterocycles. The molecule has 0 aliphatic rings. The average molecular weight is 515 g/mol. The molecule has 9 heteroatoms. The van der Waals surface area contributed by atoms with Crippen LogP contribution in [0.5, 0.6) is 5.75 Å². The van der Waals surface area contributed by atoms with E-state index in [2.05, 4.69) is 10.6 Å². The molecule has 2 N–H and O–H groups in total. The molecule has 0 atom stereocenters. The van der Waals surface area contributed by atoms with Crippen molar-refractivity contribution in [2.75, 3.05) is 18.5 Å². The van der Waals surface area contributed by atoms with Gasteiger partial charge in [0.15, 0.2) is 0 Å². The molecule has 4 rings (SSSR count). The van der Waals surface area contributed by atoms with Crippen LogP contribution in [0.1, 0.15) is 25.8 Å². The van der Waals surface area contributed by atoms with E-state index in [1.54, 1.807) is 72.8 Å². The van der Waals surface area contributed by atoms with Gasteiger partial charge in [-0.25, -0.2) is 9.36 Å². The average Bonchev–Trinajstić information content (AvgIpc) is 2.92. The number of nitrogens with one attached hydrogen (secondary N) is 2. The molecule has 0 radical (unpaired) electrons. The fraction of sp³-hybridized carbons (Fsp3) is 0.241. The van der Waals surface area contributed by atoms with Gasteiger partial charge < -0.3 is 15.4 Å². The van der Waals surface area contributed by atoms with Crippen LogP contribution < -0.4 is 26.6 Å². The van der Waals surface area contributed by atoms with Gasteiger partial charge in [0.25, 0.3) is 5.56 Å². The van der Waals surface area contributed by atoms with Gasteiger partial charge in [-0.2, -0.15) is 0 Å². The zero-order chi connectivity index (χ0) is 27.1. The second-order valence-corrected chi connectivity index (χ2v) is 8.73. The smallest absolute Gasteiger partial charge is 0.336 e. The van der Waals surface area contributed by atoms with Crippen LogP contribution in [0.15, 0.2) is 82.4 Å². The van der Waals surface area contributed by atoms with Crippen molar-refractivity contribution in [1.29, 1.82) is 0 Å². The Morgan fingerprint density at radius 3 is 2.26 bits per heavy atom. The maximum atomic E-state index is 13.6. The molecule has 0 unspecified atom stereocenters. The number of aromatic nitrogens is 2. The lowest BCUT2D eigenvalue weighted by molar-refractivity contribution is -0.120. The summed E-state index contributed by atoms with van der Waals surface area (Å²) in [6.07, 6.45) is 1.04. The van der Waals surface area contributed by atoms with Gasteiger partial charge in [-0.15, -0.1) is 0 Å². The van der Waals surface area contributed by atoms with Gasteiger partial charge in [-0.1, -0.05) is 31.2 Å². The van der Waals surface area contributed by atoms with Crippen LogP contribution in [0.2, 0.25) is 0 Å². The molecular formula is C29H30N4O5. The minimum absolute atomic E-state index is 0.0941. The number of anilines is 1. The van der Waals surface area contributed by atoms with Gasteiger partial charge in [0.2, 0.25) is 11.8 Å². The van der Waals surface area contributed by atoms with E-state index in [0.717, 1.165) is 16.6 Å². The topological polar surface area (TPSA) is 111 Å². The van der Waals surface area contributed by atoms with Crippen molar-refractivity contribution >= 4 is 28.4 Å². The Bertz CT molecular complexity index is 1550. The highest BCUT2D eigenvalue weighted by Gasteiger charge is 2.17. The molecule has 0 saturated heterocycles. The predicted molar refractivity (Wildman–Crippen MR) is 147 cm³/mol. The molecule has 0 spiro atoms. The Labute approximate surface area is 219 Å². The first-order chi connectivity index (χ1) is 18.4. The summed E-state index contributed by atoms with van der Waals surface area (Å²) < 4.78 is 7.76. The van der Waals surface area contributed by atoms with E-state index in [1.165, 1.54) is 4.57 Å². The van der Waals surface area contributed by atoms with Crippen LogP contribution in [-0.4, -0.2) is 34.1 Å². The lowest BCUT2D eigenvalue weighted by atomic mass is 10.1. The zero-order valence-electron chi connectivity index (χ0n) is 21.4. The normalized spacial score (nSPS) is 10.8. The molecule has 0 bridgehead atoms. The quantitative estimate of drug-likeness (QED) is 0.338. The summed E-state index contributed by atoms with van der Waals surface area (Å²) in [5.41, 5.74) is 0.911. The van der Waals surface area contributed by atoms with E-state index in [9.17, 15) is 19.2 Å². The van der Waals surface area contributed by atoms with Crippen molar-refractivity contribution in [3.8, 4) is 11.4 Å². The second-order valence-electron chi connectivity index (χ2n) is 8.73. The van der Waals surface area contributed by atoms with Gasteiger partial charge in [0.1, 0.15) is 12.3 Å². The highest BCUT2D eigenvalue weighted by Crippen LogP contribution is 2.16. The Balaban J connectivity index is 1.64. The van der Waals surface area contributed by atoms with Crippen molar-refractivity contribution in [3.63, 3.8) is 0 Å². The fourth-order valence-corrected chi connectivity index (χ4v) is 4.12. The molecule has 0 saturated carbocycles. The summed E-state index contributed by atoms with van der Waals surface area (Å²) in [5.74, 6) is 0.177. The molecule has 1 aromatic heterocycles. The second kappa shape index (κ2) is 12.1. The van der Waals surface area contributed by atoms with Crippen LogP contribution in [0, 0.1) is 0 Å². The number of amides is 2. The molecule has 9 nitrogen and oxygen atoms in total. The van der Waals surface area contributed by atoms with Crippen LogP contribution in [0.25, 0.3) is 16.6 Å². The van der Waals surface area contributed by atoms with E-state index >= 15 is 0 Å². The standard InChI is InChI=1S/C29H30N4O5/c1-3-17-30-26(34)18-20-9-13-22(14-10-20)33-28(36)24-7-5-6-8-25(24)32(29(33)37)19-27(35)31-21-11-15-23(16-12-21)38-4-2/h5-16H,3-4,17-19H2,1-2H3,(H,30,34)(H,31,35). The van der Waals surface area contributed by atoms with E-state index in [4.69, 9.17) is 4.74 Å². The number of hydrogen-bond acceptors (Lipinski definition) is 5. The molecule has 0 aliphatic carbocycles. The number of rotatable bonds is 10. The Morgan fingerprint density at radius 1 is 0.868 bits per heavy atom. The van der Waals surface area contributed by atoms with Crippen LogP contribution in [0.4, 0.5) is 5.69 Å². The minimum Gasteiger partial charge on any atom is -0.494 e. The number of fused-ring (bicyclic) bond motifs is 1. The number of carbonyl (C=O) groups is 2. The Morgan fingerprint density at radius 2 is 1.58 bits per heavy atom. The Kier molecular flexibility index (Phi) is 8.37. The lowest BCUT2D eigenvalue weighted by Crippen LogP contribution is -2.40. The zero-order valence-corrected chi connectivity index (χ0v) is 21.4. The van der Waals surface area contributed by atoms with E-state index in [1.807, 2.05) is 13.8 Å². The van der Waals surface area contributed by atoms with Gasteiger partial charge in [-0.05, 0) is 67.4 Å². The molecular weight excluding hydrogens is 484 g/mol. The number of ether oxygens (including phenoxy) is 1. The van der Waals surface area contributed by atoms with Gasteiger partial charge in [0, 0.05) is 12.2 Å². The highest BCUT2D eigenvalue weighted by molar-refractivity contribution is 5.91. The van der Waals surface area contributed by atoms with E-state index < -0.39 is 17.2 Å². The van der Waals surface area contributed by atoms with Crippen LogP contribution in [0.3, 0.4) is 0 Å². The third-order valence-corrected chi connectivity index (χ3v) is 5.93. The highest BCUT2D eigenvalue weighted by atomic mass is 16.5. The first kappa shape index (κ1) is 26.4. The number of hydrogen-bond donors (Lipinski definition) is 2. The lowest BCUT2D eigenvalue weighted by Gasteiger charge is -2.15. The Hall–Kier alpha value is -4.66. The van der Waals surface area contributed by atoms with Crippen molar-refractivity contribution in [3.05, 3.63) is 99.2 Å². The van der Waals surface area contributed by atoms with Gasteiger partial charge >= 0.3 is 5.69 Å². The summed E-state index contributed by atoms with van der Waals surface area (Å²) in [6, 6.07) is 20.3. The van der Waals surface area contributed by atoms with Crippen LogP contribution >= 0.6 is 0 Å². The number of carbonyl (C=O) groups excluding carboxylic acids is 2. The van der Waals surface area contributed by atoms with Crippen LogP contribution in [-0.2, 0) is 22.6 Å². The third-order valence-electron chi connectivity index (χ3n) is 5.93. The summed E-state index contributed by atoms with van der Waals surface area (Å²) in [4.78, 5) is 51.8. The summed E-state index contributed by atoms with van der Waals surface area (Å²) in [6.45, 7) is 4.72. The molecule has 0 aliphatic heterocycles.